The van der Waals surface area contributed by atoms with Crippen LogP contribution in [0.4, 0.5) is 0 Å². The van der Waals surface area contributed by atoms with Gasteiger partial charge in [-0.1, -0.05) is 102 Å². The first kappa shape index (κ1) is 35.0. The number of benzene rings is 3. The third-order valence-corrected chi connectivity index (χ3v) is 7.89. The maximum absolute atomic E-state index is 12.0. The largest absolute Gasteiger partial charge is 0.469 e. The molecule has 1 atom stereocenters. The van der Waals surface area contributed by atoms with Crippen LogP contribution in [-0.2, 0) is 43.0 Å². The molecule has 0 N–H and O–H groups in total. The van der Waals surface area contributed by atoms with E-state index in [1.54, 1.807) is 12.1 Å². The molecule has 0 unspecified atom stereocenters. The summed E-state index contributed by atoms with van der Waals surface area (Å²) in [4.78, 5) is 26.0. The van der Waals surface area contributed by atoms with Crippen LogP contribution in [0, 0.1) is 0 Å². The Morgan fingerprint density at radius 1 is 0.750 bits per heavy atom. The molecule has 0 saturated heterocycles. The Balaban J connectivity index is 1.86. The number of carbonyl (C=O) groups is 2. The van der Waals surface area contributed by atoms with Crippen LogP contribution >= 0.6 is 0 Å². The lowest BCUT2D eigenvalue weighted by Crippen LogP contribution is -2.30. The second-order valence-electron chi connectivity index (χ2n) is 13.6. The second kappa shape index (κ2) is 16.0. The molecule has 6 nitrogen and oxygen atoms in total. The highest BCUT2D eigenvalue weighted by molar-refractivity contribution is 5.89. The van der Waals surface area contributed by atoms with Crippen LogP contribution in [0.15, 0.2) is 72.8 Å². The van der Waals surface area contributed by atoms with Gasteiger partial charge in [0.05, 0.1) is 32.5 Å². The Kier molecular flexibility index (Phi) is 12.7. The van der Waals surface area contributed by atoms with Crippen molar-refractivity contribution < 1.29 is 23.8 Å². The van der Waals surface area contributed by atoms with Gasteiger partial charge in [-0.15, -0.1) is 0 Å². The molecule has 44 heavy (non-hydrogen) atoms. The minimum Gasteiger partial charge on any atom is -0.469 e. The topological polar surface area (TPSA) is 65.1 Å². The predicted octanol–water partition coefficient (Wildman–Crippen LogP) is 8.17. The second-order valence-corrected chi connectivity index (χ2v) is 13.6. The number of hydrogen-bond donors (Lipinski definition) is 0. The van der Waals surface area contributed by atoms with E-state index in [9.17, 15) is 9.59 Å². The van der Waals surface area contributed by atoms with Gasteiger partial charge in [0.2, 0.25) is 0 Å². The molecule has 0 amide bonds. The first-order chi connectivity index (χ1) is 20.8. The molecule has 3 rings (SSSR count). The Morgan fingerprint density at radius 3 is 1.91 bits per heavy atom. The summed E-state index contributed by atoms with van der Waals surface area (Å²) in [6.07, 6.45) is 1.83. The number of hydrogen-bond acceptors (Lipinski definition) is 6. The number of unbranched alkanes of at least 4 members (excludes halogenated alkanes) is 1. The van der Waals surface area contributed by atoms with Gasteiger partial charge in [0, 0.05) is 19.5 Å². The molecule has 0 bridgehead atoms. The number of rotatable bonds is 14. The molecule has 0 aliphatic rings. The third-order valence-electron chi connectivity index (χ3n) is 7.89. The van der Waals surface area contributed by atoms with Crippen LogP contribution in [0.3, 0.4) is 0 Å². The molecule has 0 saturated carbocycles. The lowest BCUT2D eigenvalue weighted by molar-refractivity contribution is -0.140. The van der Waals surface area contributed by atoms with Gasteiger partial charge < -0.3 is 14.2 Å². The molecule has 0 radical (unpaired) electrons. The van der Waals surface area contributed by atoms with Crippen molar-refractivity contribution in [1.82, 2.24) is 4.90 Å². The fourth-order valence-corrected chi connectivity index (χ4v) is 5.06. The SMILES string of the molecule is COC(=O)CCCCN(Cc1ccc(C(=O)OC)cc1)C[C@H](OCc1cc(C(C)(C)C)cc(C(C)(C)C)c1)c1ccccc1. The Hall–Kier alpha value is -3.48. The molecular weight excluding hydrogens is 550 g/mol. The zero-order valence-electron chi connectivity index (χ0n) is 27.9. The highest BCUT2D eigenvalue weighted by Crippen LogP contribution is 2.31. The van der Waals surface area contributed by atoms with Crippen molar-refractivity contribution in [1.29, 1.82) is 0 Å². The van der Waals surface area contributed by atoms with Crippen LogP contribution in [-0.4, -0.2) is 44.1 Å². The van der Waals surface area contributed by atoms with E-state index < -0.39 is 0 Å². The van der Waals surface area contributed by atoms with E-state index >= 15 is 0 Å². The van der Waals surface area contributed by atoms with E-state index in [0.29, 0.717) is 31.7 Å². The van der Waals surface area contributed by atoms with E-state index in [-0.39, 0.29) is 28.9 Å². The van der Waals surface area contributed by atoms with Crippen molar-refractivity contribution in [2.45, 2.75) is 90.9 Å². The van der Waals surface area contributed by atoms with Crippen molar-refractivity contribution in [3.05, 3.63) is 106 Å². The normalized spacial score (nSPS) is 12.7. The molecule has 0 aliphatic carbocycles. The third kappa shape index (κ3) is 10.9. The van der Waals surface area contributed by atoms with Gasteiger partial charge in [-0.3, -0.25) is 9.69 Å². The first-order valence-corrected chi connectivity index (χ1v) is 15.6. The van der Waals surface area contributed by atoms with E-state index in [1.807, 2.05) is 18.2 Å². The molecule has 6 heteroatoms. The first-order valence-electron chi connectivity index (χ1n) is 15.6. The summed E-state index contributed by atoms with van der Waals surface area (Å²) in [5.41, 5.74) is 6.58. The van der Waals surface area contributed by atoms with Crippen LogP contribution in [0.2, 0.25) is 0 Å². The van der Waals surface area contributed by atoms with Gasteiger partial charge in [0.1, 0.15) is 0 Å². The average Bonchev–Trinajstić information content (AvgIpc) is 3.00. The summed E-state index contributed by atoms with van der Waals surface area (Å²) < 4.78 is 16.5. The van der Waals surface area contributed by atoms with Gasteiger partial charge in [0.15, 0.2) is 0 Å². The van der Waals surface area contributed by atoms with Gasteiger partial charge in [0.25, 0.3) is 0 Å². The molecule has 238 valence electrons. The lowest BCUT2D eigenvalue weighted by atomic mass is 9.79. The summed E-state index contributed by atoms with van der Waals surface area (Å²) in [6.45, 7) is 16.1. The van der Waals surface area contributed by atoms with Crippen molar-refractivity contribution in [3.63, 3.8) is 0 Å². The number of ether oxygens (including phenoxy) is 3. The van der Waals surface area contributed by atoms with Crippen molar-refractivity contribution in [2.75, 3.05) is 27.3 Å². The Labute approximate surface area is 264 Å². The van der Waals surface area contributed by atoms with E-state index in [2.05, 4.69) is 88.9 Å². The molecule has 0 fully saturated rings. The Bertz CT molecular complexity index is 1300. The summed E-state index contributed by atoms with van der Waals surface area (Å²) in [7, 11) is 2.81. The number of methoxy groups -OCH3 is 2. The van der Waals surface area contributed by atoms with Crippen molar-refractivity contribution >= 4 is 11.9 Å². The average molecular weight is 602 g/mol. The molecule has 3 aromatic carbocycles. The lowest BCUT2D eigenvalue weighted by Gasteiger charge is -2.29. The summed E-state index contributed by atoms with van der Waals surface area (Å²) >= 11 is 0. The van der Waals surface area contributed by atoms with Gasteiger partial charge >= 0.3 is 11.9 Å². The monoisotopic (exact) mass is 601 g/mol. The predicted molar refractivity (Wildman–Crippen MR) is 177 cm³/mol. The quantitative estimate of drug-likeness (QED) is 0.137. The standard InChI is InChI=1S/C38H51NO5/c1-37(2,3)32-22-29(23-33(24-32)38(4,5)6)27-44-34(30-14-10-9-11-15-30)26-39(21-13-12-16-35(40)42-7)25-28-17-19-31(20-18-28)36(41)43-8/h9-11,14-15,17-20,22-24,34H,12-13,16,21,25-27H2,1-8H3/t34-/m0/s1. The molecule has 0 aliphatic heterocycles. The molecule has 3 aromatic rings. The smallest absolute Gasteiger partial charge is 0.337 e. The van der Waals surface area contributed by atoms with E-state index in [0.717, 1.165) is 30.5 Å². The van der Waals surface area contributed by atoms with E-state index in [4.69, 9.17) is 14.2 Å². The fourth-order valence-electron chi connectivity index (χ4n) is 5.06. The molecule has 0 aromatic heterocycles. The maximum atomic E-state index is 12.0. The maximum Gasteiger partial charge on any atom is 0.337 e. The van der Waals surface area contributed by atoms with Crippen LogP contribution in [0.1, 0.15) is 105 Å². The van der Waals surface area contributed by atoms with Gasteiger partial charge in [-0.05, 0) is 70.2 Å². The van der Waals surface area contributed by atoms with Crippen LogP contribution in [0.5, 0.6) is 0 Å². The van der Waals surface area contributed by atoms with Crippen LogP contribution in [0.25, 0.3) is 0 Å². The molecule has 0 spiro atoms. The minimum atomic E-state index is -0.348. The summed E-state index contributed by atoms with van der Waals surface area (Å²) in [5.74, 6) is -0.536. The Morgan fingerprint density at radius 2 is 1.36 bits per heavy atom. The number of esters is 2. The fraction of sp³-hybridized carbons (Fsp3) is 0.474. The highest BCUT2D eigenvalue weighted by atomic mass is 16.5. The zero-order valence-corrected chi connectivity index (χ0v) is 27.9. The highest BCUT2D eigenvalue weighted by Gasteiger charge is 2.22. The zero-order chi connectivity index (χ0) is 32.3. The van der Waals surface area contributed by atoms with Crippen LogP contribution < -0.4 is 0 Å². The summed E-state index contributed by atoms with van der Waals surface area (Å²) in [6, 6.07) is 24.8. The van der Waals surface area contributed by atoms with Crippen molar-refractivity contribution in [2.24, 2.45) is 0 Å². The van der Waals surface area contributed by atoms with Gasteiger partial charge in [-0.25, -0.2) is 4.79 Å². The van der Waals surface area contributed by atoms with E-state index in [1.165, 1.54) is 30.9 Å². The number of carbonyl (C=O) groups excluding carboxylic acids is 2. The minimum absolute atomic E-state index is 0.0270. The summed E-state index contributed by atoms with van der Waals surface area (Å²) in [5, 5.41) is 0. The van der Waals surface area contributed by atoms with Gasteiger partial charge in [-0.2, -0.15) is 0 Å². The van der Waals surface area contributed by atoms with Crippen molar-refractivity contribution in [3.8, 4) is 0 Å². The number of nitrogens with zero attached hydrogens (tertiary/aromatic N) is 1. The molecular formula is C38H51NO5. The molecule has 0 heterocycles.